The van der Waals surface area contributed by atoms with E-state index < -0.39 is 0 Å². The number of hydrogen-bond donors (Lipinski definition) is 1. The number of nitrogens with one attached hydrogen (secondary N) is 1. The van der Waals surface area contributed by atoms with Gasteiger partial charge in [-0.05, 0) is 32.1 Å². The number of likely N-dealkylation sites (N-methyl/N-ethyl adjacent to an activating group) is 2. The van der Waals surface area contributed by atoms with Crippen molar-refractivity contribution in [3.8, 4) is 0 Å². The second-order valence-electron chi connectivity index (χ2n) is 4.42. The molecule has 3 nitrogen and oxygen atoms in total. The molecule has 0 bridgehead atoms. The van der Waals surface area contributed by atoms with Crippen LogP contribution in [0.4, 0.5) is 0 Å². The summed E-state index contributed by atoms with van der Waals surface area (Å²) in [5.41, 5.74) is 1.15. The molecule has 0 aliphatic rings. The molecule has 1 aromatic heterocycles. The van der Waals surface area contributed by atoms with E-state index in [4.69, 9.17) is 0 Å². The van der Waals surface area contributed by atoms with Crippen LogP contribution in [0.3, 0.4) is 0 Å². The van der Waals surface area contributed by atoms with Crippen LogP contribution in [-0.4, -0.2) is 36.1 Å². The minimum atomic E-state index is 0.587. The van der Waals surface area contributed by atoms with Crippen molar-refractivity contribution in [2.24, 2.45) is 0 Å². The molecule has 0 saturated carbocycles. The maximum atomic E-state index is 4.38. The maximum Gasteiger partial charge on any atom is 0.0543 e. The first-order valence-electron chi connectivity index (χ1n) is 6.59. The van der Waals surface area contributed by atoms with Gasteiger partial charge in [-0.2, -0.15) is 0 Å². The van der Waals surface area contributed by atoms with Gasteiger partial charge in [0.25, 0.3) is 0 Å². The normalized spacial score (nSPS) is 12.9. The summed E-state index contributed by atoms with van der Waals surface area (Å²) in [6, 6.07) is 6.70. The third kappa shape index (κ3) is 5.29. The quantitative estimate of drug-likeness (QED) is 0.749. The van der Waals surface area contributed by atoms with Crippen LogP contribution in [0.5, 0.6) is 0 Å². The zero-order chi connectivity index (χ0) is 12.5. The lowest BCUT2D eigenvalue weighted by atomic mass is 10.1. The Labute approximate surface area is 105 Å². The Morgan fingerprint density at radius 3 is 2.71 bits per heavy atom. The average Bonchev–Trinajstić information content (AvgIpc) is 2.38. The van der Waals surface area contributed by atoms with Gasteiger partial charge in [-0.1, -0.05) is 26.3 Å². The van der Waals surface area contributed by atoms with Gasteiger partial charge in [0.15, 0.2) is 0 Å². The molecule has 0 aliphatic carbocycles. The number of aromatic nitrogens is 1. The van der Waals surface area contributed by atoms with Crippen LogP contribution in [0.1, 0.15) is 32.4 Å². The molecular weight excluding hydrogens is 210 g/mol. The van der Waals surface area contributed by atoms with E-state index in [1.54, 1.807) is 0 Å². The fourth-order valence-electron chi connectivity index (χ4n) is 2.01. The first-order chi connectivity index (χ1) is 8.30. The molecule has 3 heteroatoms. The molecular formula is C14H25N3. The summed E-state index contributed by atoms with van der Waals surface area (Å²) in [6.07, 6.45) is 4.33. The minimum absolute atomic E-state index is 0.587. The number of rotatable bonds is 8. The van der Waals surface area contributed by atoms with E-state index in [-0.39, 0.29) is 0 Å². The Morgan fingerprint density at radius 1 is 1.35 bits per heavy atom. The van der Waals surface area contributed by atoms with Crippen LogP contribution >= 0.6 is 0 Å². The fraction of sp³-hybridized carbons (Fsp3) is 0.643. The Hall–Kier alpha value is -0.930. The monoisotopic (exact) mass is 235 g/mol. The Bertz CT molecular complexity index is 287. The Balaban J connectivity index is 2.48. The highest BCUT2D eigenvalue weighted by atomic mass is 15.1. The molecule has 0 saturated heterocycles. The molecule has 1 aromatic rings. The van der Waals surface area contributed by atoms with Crippen molar-refractivity contribution in [2.45, 2.75) is 39.3 Å². The SMILES string of the molecule is CCCC(CN(CC)Cc1ccccn1)NC. The first-order valence-corrected chi connectivity index (χ1v) is 6.59. The Kier molecular flexibility index (Phi) is 6.82. The van der Waals surface area contributed by atoms with E-state index in [1.165, 1.54) is 12.8 Å². The second kappa shape index (κ2) is 8.20. The van der Waals surface area contributed by atoms with Gasteiger partial charge in [0.05, 0.1) is 5.69 Å². The van der Waals surface area contributed by atoms with Crippen molar-refractivity contribution in [3.05, 3.63) is 30.1 Å². The van der Waals surface area contributed by atoms with Gasteiger partial charge < -0.3 is 5.32 Å². The summed E-state index contributed by atoms with van der Waals surface area (Å²) in [5.74, 6) is 0. The van der Waals surface area contributed by atoms with Crippen LogP contribution < -0.4 is 5.32 Å². The van der Waals surface area contributed by atoms with Gasteiger partial charge in [0, 0.05) is 25.3 Å². The van der Waals surface area contributed by atoms with Crippen molar-refractivity contribution >= 4 is 0 Å². The van der Waals surface area contributed by atoms with Crippen LogP contribution in [0.2, 0.25) is 0 Å². The predicted octanol–water partition coefficient (Wildman–Crippen LogP) is 2.29. The lowest BCUT2D eigenvalue weighted by Gasteiger charge is -2.25. The van der Waals surface area contributed by atoms with E-state index in [1.807, 2.05) is 12.3 Å². The van der Waals surface area contributed by atoms with Gasteiger partial charge in [0.2, 0.25) is 0 Å². The van der Waals surface area contributed by atoms with E-state index in [0.29, 0.717) is 6.04 Å². The number of hydrogen-bond acceptors (Lipinski definition) is 3. The first kappa shape index (κ1) is 14.1. The van der Waals surface area contributed by atoms with Gasteiger partial charge in [-0.25, -0.2) is 0 Å². The largest absolute Gasteiger partial charge is 0.316 e. The third-order valence-corrected chi connectivity index (χ3v) is 3.08. The molecule has 1 atom stereocenters. The lowest BCUT2D eigenvalue weighted by molar-refractivity contribution is 0.241. The standard InChI is InChI=1S/C14H25N3/c1-4-8-13(15-3)11-17(5-2)12-14-9-6-7-10-16-14/h6-7,9-10,13,15H,4-5,8,11-12H2,1-3H3. The predicted molar refractivity (Wildman–Crippen MR) is 72.9 cm³/mol. The van der Waals surface area contributed by atoms with Crippen molar-refractivity contribution in [2.75, 3.05) is 20.1 Å². The molecule has 0 spiro atoms. The highest BCUT2D eigenvalue weighted by molar-refractivity contribution is 5.03. The highest BCUT2D eigenvalue weighted by Crippen LogP contribution is 2.04. The summed E-state index contributed by atoms with van der Waals surface area (Å²) < 4.78 is 0. The molecule has 0 aromatic carbocycles. The van der Waals surface area contributed by atoms with Crippen LogP contribution in [0, 0.1) is 0 Å². The van der Waals surface area contributed by atoms with Gasteiger partial charge >= 0.3 is 0 Å². The molecule has 1 heterocycles. The van der Waals surface area contributed by atoms with E-state index in [9.17, 15) is 0 Å². The van der Waals surface area contributed by atoms with Crippen molar-refractivity contribution in [1.82, 2.24) is 15.2 Å². The van der Waals surface area contributed by atoms with Crippen LogP contribution in [-0.2, 0) is 6.54 Å². The van der Waals surface area contributed by atoms with Gasteiger partial charge in [-0.3, -0.25) is 9.88 Å². The topological polar surface area (TPSA) is 28.2 Å². The minimum Gasteiger partial charge on any atom is -0.316 e. The smallest absolute Gasteiger partial charge is 0.0543 e. The molecule has 0 aliphatic heterocycles. The van der Waals surface area contributed by atoms with E-state index in [2.05, 4.69) is 48.2 Å². The fourth-order valence-corrected chi connectivity index (χ4v) is 2.01. The van der Waals surface area contributed by atoms with Gasteiger partial charge in [0.1, 0.15) is 0 Å². The maximum absolute atomic E-state index is 4.38. The molecule has 0 radical (unpaired) electrons. The van der Waals surface area contributed by atoms with E-state index in [0.717, 1.165) is 25.3 Å². The molecule has 0 amide bonds. The molecule has 1 N–H and O–H groups in total. The highest BCUT2D eigenvalue weighted by Gasteiger charge is 2.11. The summed E-state index contributed by atoms with van der Waals surface area (Å²) in [6.45, 7) is 7.55. The molecule has 96 valence electrons. The summed E-state index contributed by atoms with van der Waals surface area (Å²) in [4.78, 5) is 6.83. The lowest BCUT2D eigenvalue weighted by Crippen LogP contribution is -2.39. The molecule has 1 rings (SSSR count). The number of nitrogens with zero attached hydrogens (tertiary/aromatic N) is 2. The Morgan fingerprint density at radius 2 is 2.18 bits per heavy atom. The van der Waals surface area contributed by atoms with Crippen molar-refractivity contribution in [3.63, 3.8) is 0 Å². The summed E-state index contributed by atoms with van der Waals surface area (Å²) >= 11 is 0. The van der Waals surface area contributed by atoms with Crippen molar-refractivity contribution < 1.29 is 0 Å². The molecule has 0 fully saturated rings. The molecule has 17 heavy (non-hydrogen) atoms. The summed E-state index contributed by atoms with van der Waals surface area (Å²) in [7, 11) is 2.05. The van der Waals surface area contributed by atoms with Gasteiger partial charge in [-0.15, -0.1) is 0 Å². The van der Waals surface area contributed by atoms with Crippen LogP contribution in [0.15, 0.2) is 24.4 Å². The zero-order valence-electron chi connectivity index (χ0n) is 11.3. The van der Waals surface area contributed by atoms with Crippen LogP contribution in [0.25, 0.3) is 0 Å². The molecule has 1 unspecified atom stereocenters. The van der Waals surface area contributed by atoms with Crippen molar-refractivity contribution in [1.29, 1.82) is 0 Å². The zero-order valence-corrected chi connectivity index (χ0v) is 11.3. The second-order valence-corrected chi connectivity index (χ2v) is 4.42. The number of pyridine rings is 1. The third-order valence-electron chi connectivity index (χ3n) is 3.08. The van der Waals surface area contributed by atoms with E-state index >= 15 is 0 Å². The average molecular weight is 235 g/mol. The summed E-state index contributed by atoms with van der Waals surface area (Å²) in [5, 5.41) is 3.39.